The number of carbonyl (C=O) groups excluding carboxylic acids is 1. The molecule has 0 aromatic rings. The summed E-state index contributed by atoms with van der Waals surface area (Å²) in [6.07, 6.45) is 9.52. The number of hydrogen-bond acceptors (Lipinski definition) is 2. The number of amides is 1. The van der Waals surface area contributed by atoms with Gasteiger partial charge in [-0.1, -0.05) is 19.3 Å². The first-order valence-corrected chi connectivity index (χ1v) is 6.27. The monoisotopic (exact) mass is 212 g/mol. The summed E-state index contributed by atoms with van der Waals surface area (Å²) >= 11 is 0. The van der Waals surface area contributed by atoms with Gasteiger partial charge in [0.15, 0.2) is 0 Å². The first-order valence-electron chi connectivity index (χ1n) is 6.27. The summed E-state index contributed by atoms with van der Waals surface area (Å²) in [5, 5.41) is 6.20. The smallest absolute Gasteiger partial charge is 0.219 e. The van der Waals surface area contributed by atoms with Crippen LogP contribution >= 0.6 is 0 Å². The average molecular weight is 212 g/mol. The van der Waals surface area contributed by atoms with Crippen molar-refractivity contribution in [1.29, 1.82) is 0 Å². The molecule has 0 aromatic carbocycles. The maximum absolute atomic E-state index is 11.0. The van der Waals surface area contributed by atoms with E-state index in [1.165, 1.54) is 45.1 Å². The van der Waals surface area contributed by atoms with Gasteiger partial charge in [-0.2, -0.15) is 0 Å². The van der Waals surface area contributed by atoms with Crippen molar-refractivity contribution in [1.82, 2.24) is 10.6 Å². The van der Waals surface area contributed by atoms with Gasteiger partial charge in [-0.25, -0.2) is 0 Å². The highest BCUT2D eigenvalue weighted by molar-refractivity contribution is 5.75. The van der Waals surface area contributed by atoms with E-state index in [0.717, 1.165) is 12.5 Å². The zero-order chi connectivity index (χ0) is 10.9. The van der Waals surface area contributed by atoms with Gasteiger partial charge in [-0.15, -0.1) is 0 Å². The van der Waals surface area contributed by atoms with E-state index >= 15 is 0 Å². The van der Waals surface area contributed by atoms with Crippen LogP contribution in [0.3, 0.4) is 0 Å². The molecule has 0 saturated carbocycles. The van der Waals surface area contributed by atoms with Gasteiger partial charge in [0, 0.05) is 19.5 Å². The van der Waals surface area contributed by atoms with Crippen LogP contribution in [-0.4, -0.2) is 25.5 Å². The van der Waals surface area contributed by atoms with Crippen LogP contribution in [0.25, 0.3) is 0 Å². The topological polar surface area (TPSA) is 41.1 Å². The molecule has 88 valence electrons. The van der Waals surface area contributed by atoms with E-state index in [1.807, 2.05) is 0 Å². The molecule has 15 heavy (non-hydrogen) atoms. The summed E-state index contributed by atoms with van der Waals surface area (Å²) in [6.45, 7) is 1.20. The quantitative estimate of drug-likeness (QED) is 0.659. The van der Waals surface area contributed by atoms with Crippen molar-refractivity contribution in [2.75, 3.05) is 13.6 Å². The molecule has 1 amide bonds. The molecule has 1 atom stereocenters. The Kier molecular flexibility index (Phi) is 6.41. The maximum atomic E-state index is 11.0. The highest BCUT2D eigenvalue weighted by Gasteiger charge is 2.11. The van der Waals surface area contributed by atoms with Crippen molar-refractivity contribution in [3.63, 3.8) is 0 Å². The molecule has 0 spiro atoms. The first-order chi connectivity index (χ1) is 7.33. The zero-order valence-corrected chi connectivity index (χ0v) is 9.85. The third kappa shape index (κ3) is 5.78. The van der Waals surface area contributed by atoms with Gasteiger partial charge in [0.1, 0.15) is 0 Å². The predicted octanol–water partition coefficient (Wildman–Crippen LogP) is 1.82. The summed E-state index contributed by atoms with van der Waals surface area (Å²) in [5.41, 5.74) is 0. The molecule has 1 unspecified atom stereocenters. The van der Waals surface area contributed by atoms with E-state index in [0.29, 0.717) is 6.42 Å². The predicted molar refractivity (Wildman–Crippen MR) is 62.8 cm³/mol. The molecule has 1 fully saturated rings. The minimum atomic E-state index is 0.172. The Morgan fingerprint density at radius 1 is 1.33 bits per heavy atom. The fourth-order valence-corrected chi connectivity index (χ4v) is 2.15. The lowest BCUT2D eigenvalue weighted by molar-refractivity contribution is -0.120. The third-order valence-corrected chi connectivity index (χ3v) is 3.15. The number of carbonyl (C=O) groups is 1. The Hall–Kier alpha value is -0.570. The second-order valence-electron chi connectivity index (χ2n) is 4.42. The van der Waals surface area contributed by atoms with E-state index in [-0.39, 0.29) is 5.91 Å². The average Bonchev–Trinajstić information content (AvgIpc) is 2.29. The van der Waals surface area contributed by atoms with Crippen molar-refractivity contribution in [3.05, 3.63) is 0 Å². The van der Waals surface area contributed by atoms with Gasteiger partial charge in [-0.3, -0.25) is 4.79 Å². The lowest BCUT2D eigenvalue weighted by Gasteiger charge is -2.23. The fourth-order valence-electron chi connectivity index (χ4n) is 2.15. The first kappa shape index (κ1) is 12.5. The maximum Gasteiger partial charge on any atom is 0.219 e. The number of unbranched alkanes of at least 4 members (excludes halogenated alkanes) is 2. The van der Waals surface area contributed by atoms with Gasteiger partial charge in [0.05, 0.1) is 0 Å². The number of rotatable bonds is 6. The largest absolute Gasteiger partial charge is 0.359 e. The highest BCUT2D eigenvalue weighted by Crippen LogP contribution is 2.13. The van der Waals surface area contributed by atoms with Crippen molar-refractivity contribution in [2.24, 2.45) is 0 Å². The van der Waals surface area contributed by atoms with E-state index in [2.05, 4.69) is 10.6 Å². The Bertz CT molecular complexity index is 176. The second kappa shape index (κ2) is 7.69. The van der Waals surface area contributed by atoms with Crippen LogP contribution in [0.2, 0.25) is 0 Å². The summed E-state index contributed by atoms with van der Waals surface area (Å²) in [7, 11) is 1.70. The molecular formula is C12H24N2O. The van der Waals surface area contributed by atoms with E-state index in [1.54, 1.807) is 7.05 Å². The summed E-state index contributed by atoms with van der Waals surface area (Å²) in [4.78, 5) is 11.0. The molecule has 3 nitrogen and oxygen atoms in total. The van der Waals surface area contributed by atoms with Gasteiger partial charge < -0.3 is 10.6 Å². The Labute approximate surface area is 93.0 Å². The molecule has 1 saturated heterocycles. The Morgan fingerprint density at radius 2 is 2.20 bits per heavy atom. The molecule has 3 heteroatoms. The van der Waals surface area contributed by atoms with Gasteiger partial charge >= 0.3 is 0 Å². The molecule has 1 aliphatic rings. The van der Waals surface area contributed by atoms with Gasteiger partial charge in [0.25, 0.3) is 0 Å². The van der Waals surface area contributed by atoms with Gasteiger partial charge in [-0.05, 0) is 32.2 Å². The summed E-state index contributed by atoms with van der Waals surface area (Å²) < 4.78 is 0. The minimum absolute atomic E-state index is 0.172. The standard InChI is InChI=1S/C12H24N2O/c1-13-12(15)9-4-2-3-7-11-8-5-6-10-14-11/h11,14H,2-10H2,1H3,(H,13,15). The van der Waals surface area contributed by atoms with E-state index in [9.17, 15) is 4.79 Å². The van der Waals surface area contributed by atoms with Crippen LogP contribution in [0.5, 0.6) is 0 Å². The molecule has 1 aliphatic heterocycles. The highest BCUT2D eigenvalue weighted by atomic mass is 16.1. The zero-order valence-electron chi connectivity index (χ0n) is 9.85. The van der Waals surface area contributed by atoms with Crippen molar-refractivity contribution in [2.45, 2.75) is 57.4 Å². The SMILES string of the molecule is CNC(=O)CCCCCC1CCCCN1. The van der Waals surface area contributed by atoms with E-state index in [4.69, 9.17) is 0 Å². The number of piperidine rings is 1. The van der Waals surface area contributed by atoms with Crippen LogP contribution in [0.15, 0.2) is 0 Å². The van der Waals surface area contributed by atoms with E-state index < -0.39 is 0 Å². The molecule has 0 aromatic heterocycles. The fraction of sp³-hybridized carbons (Fsp3) is 0.917. The number of hydrogen-bond donors (Lipinski definition) is 2. The number of nitrogens with one attached hydrogen (secondary N) is 2. The van der Waals surface area contributed by atoms with Crippen molar-refractivity contribution < 1.29 is 4.79 Å². The molecular weight excluding hydrogens is 188 g/mol. The molecule has 1 heterocycles. The van der Waals surface area contributed by atoms with Crippen LogP contribution < -0.4 is 10.6 Å². The van der Waals surface area contributed by atoms with Crippen molar-refractivity contribution >= 4 is 5.91 Å². The third-order valence-electron chi connectivity index (χ3n) is 3.15. The normalized spacial score (nSPS) is 21.3. The molecule has 0 aliphatic carbocycles. The van der Waals surface area contributed by atoms with Crippen LogP contribution in [0, 0.1) is 0 Å². The van der Waals surface area contributed by atoms with Crippen molar-refractivity contribution in [3.8, 4) is 0 Å². The molecule has 1 rings (SSSR count). The lowest BCUT2D eigenvalue weighted by Crippen LogP contribution is -2.33. The Morgan fingerprint density at radius 3 is 2.87 bits per heavy atom. The lowest BCUT2D eigenvalue weighted by atomic mass is 9.99. The molecule has 0 radical (unpaired) electrons. The van der Waals surface area contributed by atoms with Gasteiger partial charge in [0.2, 0.25) is 5.91 Å². The van der Waals surface area contributed by atoms with Crippen LogP contribution in [0.1, 0.15) is 51.4 Å². The minimum Gasteiger partial charge on any atom is -0.359 e. The summed E-state index contributed by atoms with van der Waals surface area (Å²) in [6, 6.07) is 0.749. The second-order valence-corrected chi connectivity index (χ2v) is 4.42. The Balaban J connectivity index is 1.89. The van der Waals surface area contributed by atoms with Crippen LogP contribution in [0.4, 0.5) is 0 Å². The summed E-state index contributed by atoms with van der Waals surface area (Å²) in [5.74, 6) is 0.172. The molecule has 2 N–H and O–H groups in total. The molecule has 0 bridgehead atoms. The van der Waals surface area contributed by atoms with Crippen LogP contribution in [-0.2, 0) is 4.79 Å².